The summed E-state index contributed by atoms with van der Waals surface area (Å²) in [6, 6.07) is 3.07. The van der Waals surface area contributed by atoms with Gasteiger partial charge in [0.2, 0.25) is 0 Å². The van der Waals surface area contributed by atoms with E-state index in [1.807, 2.05) is 4.68 Å². The number of rotatable bonds is 7. The van der Waals surface area contributed by atoms with Gasteiger partial charge in [-0.05, 0) is 46.7 Å². The van der Waals surface area contributed by atoms with Crippen molar-refractivity contribution >= 4 is 0 Å². The Hall–Kier alpha value is -0.870. The lowest BCUT2D eigenvalue weighted by Gasteiger charge is -2.25. The first-order valence-electron chi connectivity index (χ1n) is 6.52. The van der Waals surface area contributed by atoms with Crippen molar-refractivity contribution in [2.75, 3.05) is 13.1 Å². The molecule has 0 aliphatic heterocycles. The Balaban J connectivity index is 2.58. The highest BCUT2D eigenvalue weighted by atomic mass is 15.3. The van der Waals surface area contributed by atoms with E-state index in [0.29, 0.717) is 12.1 Å². The Morgan fingerprint density at radius 3 is 2.53 bits per heavy atom. The van der Waals surface area contributed by atoms with Gasteiger partial charge in [0.25, 0.3) is 0 Å². The van der Waals surface area contributed by atoms with Crippen molar-refractivity contribution < 1.29 is 0 Å². The molecule has 0 aliphatic carbocycles. The second-order valence-electron chi connectivity index (χ2n) is 5.09. The van der Waals surface area contributed by atoms with E-state index in [1.165, 1.54) is 0 Å². The van der Waals surface area contributed by atoms with E-state index in [9.17, 15) is 0 Å². The molecule has 0 spiro atoms. The molecule has 1 rings (SSSR count). The number of nitrogens with two attached hydrogens (primary N) is 1. The van der Waals surface area contributed by atoms with Crippen molar-refractivity contribution in [1.29, 1.82) is 0 Å². The van der Waals surface area contributed by atoms with Crippen molar-refractivity contribution in [2.24, 2.45) is 5.73 Å². The minimum Gasteiger partial charge on any atom is -0.330 e. The summed E-state index contributed by atoms with van der Waals surface area (Å²) in [6.45, 7) is 11.4. The molecule has 4 nitrogen and oxygen atoms in total. The third-order valence-electron chi connectivity index (χ3n) is 2.94. The van der Waals surface area contributed by atoms with Crippen molar-refractivity contribution in [2.45, 2.75) is 52.7 Å². The van der Waals surface area contributed by atoms with E-state index in [-0.39, 0.29) is 0 Å². The Morgan fingerprint density at radius 2 is 2.06 bits per heavy atom. The highest BCUT2D eigenvalue weighted by molar-refractivity contribution is 4.99. The third kappa shape index (κ3) is 4.48. The Morgan fingerprint density at radius 1 is 1.35 bits per heavy atom. The van der Waals surface area contributed by atoms with Gasteiger partial charge in [-0.15, -0.1) is 0 Å². The van der Waals surface area contributed by atoms with E-state index in [0.717, 1.165) is 31.7 Å². The molecule has 0 aromatic carbocycles. The van der Waals surface area contributed by atoms with Crippen LogP contribution in [0.2, 0.25) is 0 Å². The molecular weight excluding hydrogens is 212 g/mol. The Bertz CT molecular complexity index is 317. The maximum absolute atomic E-state index is 5.57. The average molecular weight is 238 g/mol. The fourth-order valence-electron chi connectivity index (χ4n) is 1.77. The molecule has 2 N–H and O–H groups in total. The SMILES string of the molecule is CC(C)N(CCCN)Cc1ccn(C(C)C)n1. The fourth-order valence-corrected chi connectivity index (χ4v) is 1.77. The normalized spacial score (nSPS) is 12.0. The lowest BCUT2D eigenvalue weighted by molar-refractivity contribution is 0.208. The van der Waals surface area contributed by atoms with Crippen LogP contribution in [0.4, 0.5) is 0 Å². The van der Waals surface area contributed by atoms with Crippen molar-refractivity contribution in [3.63, 3.8) is 0 Å². The molecule has 0 bridgehead atoms. The first-order chi connectivity index (χ1) is 8.04. The van der Waals surface area contributed by atoms with E-state index in [1.54, 1.807) is 0 Å². The zero-order chi connectivity index (χ0) is 12.8. The third-order valence-corrected chi connectivity index (χ3v) is 2.94. The molecule has 1 heterocycles. The molecule has 0 radical (unpaired) electrons. The number of hydrogen-bond donors (Lipinski definition) is 1. The fraction of sp³-hybridized carbons (Fsp3) is 0.769. The predicted octanol–water partition coefficient (Wildman–Crippen LogP) is 2.02. The van der Waals surface area contributed by atoms with Gasteiger partial charge < -0.3 is 5.73 Å². The van der Waals surface area contributed by atoms with Gasteiger partial charge in [0.1, 0.15) is 0 Å². The predicted molar refractivity (Wildman–Crippen MR) is 71.8 cm³/mol. The Kier molecular flexibility index (Phi) is 5.65. The van der Waals surface area contributed by atoms with Gasteiger partial charge in [-0.1, -0.05) is 0 Å². The van der Waals surface area contributed by atoms with Gasteiger partial charge in [-0.25, -0.2) is 0 Å². The highest BCUT2D eigenvalue weighted by Gasteiger charge is 2.11. The summed E-state index contributed by atoms with van der Waals surface area (Å²) < 4.78 is 2.01. The van der Waals surface area contributed by atoms with Crippen molar-refractivity contribution in [3.8, 4) is 0 Å². The average Bonchev–Trinajstić information content (AvgIpc) is 2.72. The van der Waals surface area contributed by atoms with Gasteiger partial charge in [0.05, 0.1) is 5.69 Å². The molecule has 98 valence electrons. The molecule has 0 aliphatic rings. The molecule has 0 saturated heterocycles. The van der Waals surface area contributed by atoms with Crippen LogP contribution >= 0.6 is 0 Å². The van der Waals surface area contributed by atoms with E-state index in [4.69, 9.17) is 5.73 Å². The quantitative estimate of drug-likeness (QED) is 0.790. The molecule has 0 saturated carbocycles. The zero-order valence-electron chi connectivity index (χ0n) is 11.6. The van der Waals surface area contributed by atoms with E-state index >= 15 is 0 Å². The lowest BCUT2D eigenvalue weighted by Crippen LogP contribution is -2.32. The van der Waals surface area contributed by atoms with Crippen LogP contribution < -0.4 is 5.73 Å². The zero-order valence-corrected chi connectivity index (χ0v) is 11.6. The summed E-state index contributed by atoms with van der Waals surface area (Å²) in [7, 11) is 0. The maximum Gasteiger partial charge on any atom is 0.0764 e. The molecule has 0 atom stereocenters. The smallest absolute Gasteiger partial charge is 0.0764 e. The summed E-state index contributed by atoms with van der Waals surface area (Å²) >= 11 is 0. The lowest BCUT2D eigenvalue weighted by atomic mass is 10.2. The van der Waals surface area contributed by atoms with Crippen LogP contribution in [-0.4, -0.2) is 33.8 Å². The number of aromatic nitrogens is 2. The van der Waals surface area contributed by atoms with E-state index < -0.39 is 0 Å². The molecule has 0 fully saturated rings. The second-order valence-corrected chi connectivity index (χ2v) is 5.09. The van der Waals surface area contributed by atoms with Gasteiger partial charge in [0.15, 0.2) is 0 Å². The minimum atomic E-state index is 0.431. The van der Waals surface area contributed by atoms with E-state index in [2.05, 4.69) is 50.0 Å². The molecule has 0 amide bonds. The van der Waals surface area contributed by atoms with Crippen LogP contribution in [0.5, 0.6) is 0 Å². The van der Waals surface area contributed by atoms with Crippen molar-refractivity contribution in [1.82, 2.24) is 14.7 Å². The number of hydrogen-bond acceptors (Lipinski definition) is 3. The van der Waals surface area contributed by atoms with Gasteiger partial charge >= 0.3 is 0 Å². The molecule has 0 unspecified atom stereocenters. The van der Waals surface area contributed by atoms with Crippen LogP contribution in [0.25, 0.3) is 0 Å². The molecule has 4 heteroatoms. The van der Waals surface area contributed by atoms with Gasteiger partial charge in [-0.3, -0.25) is 9.58 Å². The largest absolute Gasteiger partial charge is 0.330 e. The van der Waals surface area contributed by atoms with Crippen LogP contribution in [0.15, 0.2) is 12.3 Å². The van der Waals surface area contributed by atoms with Crippen LogP contribution in [0.1, 0.15) is 45.9 Å². The first-order valence-corrected chi connectivity index (χ1v) is 6.52. The summed E-state index contributed by atoms with van der Waals surface area (Å²) in [5, 5.41) is 4.58. The molecule has 17 heavy (non-hydrogen) atoms. The van der Waals surface area contributed by atoms with Crippen LogP contribution in [0, 0.1) is 0 Å². The minimum absolute atomic E-state index is 0.431. The molecule has 1 aromatic heterocycles. The summed E-state index contributed by atoms with van der Waals surface area (Å²) in [5.41, 5.74) is 6.71. The first kappa shape index (κ1) is 14.2. The highest BCUT2D eigenvalue weighted by Crippen LogP contribution is 2.09. The monoisotopic (exact) mass is 238 g/mol. The van der Waals surface area contributed by atoms with Crippen molar-refractivity contribution in [3.05, 3.63) is 18.0 Å². The second kappa shape index (κ2) is 6.77. The summed E-state index contributed by atoms with van der Waals surface area (Å²) in [6.07, 6.45) is 3.10. The summed E-state index contributed by atoms with van der Waals surface area (Å²) in [5.74, 6) is 0. The molecular formula is C13H26N4. The summed E-state index contributed by atoms with van der Waals surface area (Å²) in [4.78, 5) is 2.42. The van der Waals surface area contributed by atoms with Gasteiger partial charge in [0, 0.05) is 31.4 Å². The van der Waals surface area contributed by atoms with Gasteiger partial charge in [-0.2, -0.15) is 5.10 Å². The maximum atomic E-state index is 5.57. The Labute approximate surface area is 105 Å². The van der Waals surface area contributed by atoms with Crippen LogP contribution in [0.3, 0.4) is 0 Å². The van der Waals surface area contributed by atoms with Crippen LogP contribution in [-0.2, 0) is 6.54 Å². The topological polar surface area (TPSA) is 47.1 Å². The standard InChI is InChI=1S/C13H26N4/c1-11(2)16(8-5-7-14)10-13-6-9-17(15-13)12(3)4/h6,9,11-12H,5,7-8,10,14H2,1-4H3. The molecule has 1 aromatic rings. The number of nitrogens with zero attached hydrogens (tertiary/aromatic N) is 3.